The Morgan fingerprint density at radius 3 is 2.58 bits per heavy atom. The van der Waals surface area contributed by atoms with Crippen LogP contribution in [0.1, 0.15) is 12.1 Å². The highest BCUT2D eigenvalue weighted by molar-refractivity contribution is 8.00. The quantitative estimate of drug-likeness (QED) is 0.165. The number of pyridine rings is 1. The summed E-state index contributed by atoms with van der Waals surface area (Å²) in [6, 6.07) is 7.86. The summed E-state index contributed by atoms with van der Waals surface area (Å²) < 4.78 is 77.6. The summed E-state index contributed by atoms with van der Waals surface area (Å²) in [4.78, 5) is 22.4. The van der Waals surface area contributed by atoms with Crippen LogP contribution in [0.2, 0.25) is 0 Å². The van der Waals surface area contributed by atoms with Crippen LogP contribution in [0.15, 0.2) is 36.5 Å². The fraction of sp³-hybridized carbons (Fsp3) is 0.320. The number of nitrogen functional groups attached to an aromatic ring is 1. The fourth-order valence-electron chi connectivity index (χ4n) is 4.10. The zero-order chi connectivity index (χ0) is 28.3. The molecule has 1 aromatic carbocycles. The number of ether oxygens (including phenoxy) is 1. The summed E-state index contributed by atoms with van der Waals surface area (Å²) in [5, 5.41) is 0. The standard InChI is InChI=1S/C25H23F5N8OS/c26-7-2-12-40-37-17-4-1-3-14(19(17)27)16-5-6-18-20(33-16)23(38-8-10-39-11-9-38)36-22(34-18)15-13-32-24(31)35-21(15)25(28,29)30/h1,3-6,13,37H,2,7-12H2,(H2,31,32,35). The Morgan fingerprint density at radius 2 is 1.82 bits per heavy atom. The molecule has 0 spiro atoms. The number of nitrogens with one attached hydrogen (secondary N) is 1. The number of aromatic nitrogens is 5. The number of halogens is 5. The van der Waals surface area contributed by atoms with Gasteiger partial charge in [0.1, 0.15) is 5.52 Å². The van der Waals surface area contributed by atoms with Crippen LogP contribution in [0.4, 0.5) is 39.4 Å². The summed E-state index contributed by atoms with van der Waals surface area (Å²) in [6.45, 7) is 1.11. The zero-order valence-electron chi connectivity index (χ0n) is 20.9. The van der Waals surface area contributed by atoms with Crippen molar-refractivity contribution in [1.29, 1.82) is 0 Å². The van der Waals surface area contributed by atoms with E-state index in [1.807, 2.05) is 4.90 Å². The van der Waals surface area contributed by atoms with E-state index in [-0.39, 0.29) is 39.6 Å². The molecule has 1 aliphatic heterocycles. The van der Waals surface area contributed by atoms with Crippen LogP contribution >= 0.6 is 11.9 Å². The first kappa shape index (κ1) is 27.7. The van der Waals surface area contributed by atoms with Gasteiger partial charge in [0.05, 0.1) is 42.3 Å². The number of alkyl halides is 4. The first-order chi connectivity index (χ1) is 19.3. The Labute approximate surface area is 229 Å². The Morgan fingerprint density at radius 1 is 1.02 bits per heavy atom. The van der Waals surface area contributed by atoms with Gasteiger partial charge in [-0.15, -0.1) is 0 Å². The number of hydrogen-bond acceptors (Lipinski definition) is 10. The van der Waals surface area contributed by atoms with Gasteiger partial charge in [0.15, 0.2) is 23.2 Å². The molecule has 0 saturated carbocycles. The Balaban J connectivity index is 1.62. The molecule has 1 aliphatic rings. The molecule has 4 heterocycles. The molecule has 4 aromatic rings. The number of fused-ring (bicyclic) bond motifs is 1. The van der Waals surface area contributed by atoms with Crippen molar-refractivity contribution < 1.29 is 26.7 Å². The third-order valence-corrected chi connectivity index (χ3v) is 6.85. The van der Waals surface area contributed by atoms with Gasteiger partial charge in [-0.2, -0.15) is 13.2 Å². The van der Waals surface area contributed by atoms with E-state index < -0.39 is 35.9 Å². The zero-order valence-corrected chi connectivity index (χ0v) is 21.7. The molecular weight excluding hydrogens is 555 g/mol. The van der Waals surface area contributed by atoms with E-state index in [0.29, 0.717) is 38.5 Å². The molecule has 0 bridgehead atoms. The average molecular weight is 579 g/mol. The maximum atomic E-state index is 15.4. The number of anilines is 3. The monoisotopic (exact) mass is 578 g/mol. The van der Waals surface area contributed by atoms with Crippen molar-refractivity contribution in [2.24, 2.45) is 0 Å². The number of hydrogen-bond donors (Lipinski definition) is 2. The summed E-state index contributed by atoms with van der Waals surface area (Å²) in [6.07, 6.45) is -3.55. The average Bonchev–Trinajstić information content (AvgIpc) is 2.95. The SMILES string of the molecule is Nc1ncc(-c2nc(N3CCOCC3)c3nc(-c4cccc(NSCCCF)c4F)ccc3n2)c(C(F)(F)F)n1. The molecule has 210 valence electrons. The van der Waals surface area contributed by atoms with Crippen LogP contribution in [0.25, 0.3) is 33.7 Å². The lowest BCUT2D eigenvalue weighted by molar-refractivity contribution is -0.140. The van der Waals surface area contributed by atoms with E-state index in [0.717, 1.165) is 6.20 Å². The molecule has 0 radical (unpaired) electrons. The largest absolute Gasteiger partial charge is 0.434 e. The van der Waals surface area contributed by atoms with E-state index in [1.165, 1.54) is 18.0 Å². The third kappa shape index (κ3) is 5.84. The van der Waals surface area contributed by atoms with Crippen LogP contribution in [0.5, 0.6) is 0 Å². The van der Waals surface area contributed by atoms with E-state index >= 15 is 4.39 Å². The molecule has 0 unspecified atom stereocenters. The topological polar surface area (TPSA) is 115 Å². The fourth-order valence-corrected chi connectivity index (χ4v) is 4.77. The molecule has 3 N–H and O–H groups in total. The van der Waals surface area contributed by atoms with Gasteiger partial charge in [0, 0.05) is 30.6 Å². The van der Waals surface area contributed by atoms with Crippen LogP contribution in [-0.2, 0) is 10.9 Å². The van der Waals surface area contributed by atoms with E-state index in [1.54, 1.807) is 24.3 Å². The summed E-state index contributed by atoms with van der Waals surface area (Å²) in [5.74, 6) is -0.603. The van der Waals surface area contributed by atoms with Crippen LogP contribution < -0.4 is 15.4 Å². The Hall–Kier alpha value is -3.85. The van der Waals surface area contributed by atoms with Gasteiger partial charge < -0.3 is 20.1 Å². The van der Waals surface area contributed by atoms with Crippen molar-refractivity contribution in [3.63, 3.8) is 0 Å². The third-order valence-electron chi connectivity index (χ3n) is 5.99. The van der Waals surface area contributed by atoms with Gasteiger partial charge >= 0.3 is 6.18 Å². The summed E-state index contributed by atoms with van der Waals surface area (Å²) in [7, 11) is 0. The van der Waals surface area contributed by atoms with Crippen LogP contribution in [0, 0.1) is 5.82 Å². The second-order valence-electron chi connectivity index (χ2n) is 8.68. The molecular formula is C25H23F5N8OS. The van der Waals surface area contributed by atoms with Gasteiger partial charge in [0.25, 0.3) is 0 Å². The molecule has 40 heavy (non-hydrogen) atoms. The lowest BCUT2D eigenvalue weighted by atomic mass is 10.1. The van der Waals surface area contributed by atoms with E-state index in [4.69, 9.17) is 10.5 Å². The summed E-state index contributed by atoms with van der Waals surface area (Å²) >= 11 is 1.19. The summed E-state index contributed by atoms with van der Waals surface area (Å²) in [5.41, 5.74) is 4.95. The van der Waals surface area contributed by atoms with Crippen molar-refractivity contribution in [2.75, 3.05) is 54.1 Å². The first-order valence-electron chi connectivity index (χ1n) is 12.2. The van der Waals surface area contributed by atoms with Crippen molar-refractivity contribution in [2.45, 2.75) is 12.6 Å². The predicted octanol–water partition coefficient (Wildman–Crippen LogP) is 5.15. The van der Waals surface area contributed by atoms with Gasteiger partial charge in [-0.1, -0.05) is 18.0 Å². The molecule has 0 aliphatic carbocycles. The number of rotatable bonds is 8. The molecule has 0 atom stereocenters. The Bertz CT molecular complexity index is 1520. The van der Waals surface area contributed by atoms with Crippen LogP contribution in [0.3, 0.4) is 0 Å². The maximum Gasteiger partial charge on any atom is 0.434 e. The first-order valence-corrected chi connectivity index (χ1v) is 13.2. The highest BCUT2D eigenvalue weighted by Gasteiger charge is 2.37. The normalized spacial score (nSPS) is 14.1. The molecule has 1 fully saturated rings. The second-order valence-corrected chi connectivity index (χ2v) is 9.58. The van der Waals surface area contributed by atoms with Gasteiger partial charge in [-0.05, 0) is 30.7 Å². The molecule has 1 saturated heterocycles. The van der Waals surface area contributed by atoms with Crippen molar-refractivity contribution >= 4 is 40.4 Å². The maximum absolute atomic E-state index is 15.4. The smallest absolute Gasteiger partial charge is 0.378 e. The molecule has 3 aromatic heterocycles. The van der Waals surface area contributed by atoms with Gasteiger partial charge in [-0.3, -0.25) is 4.39 Å². The second kappa shape index (κ2) is 11.7. The lowest BCUT2D eigenvalue weighted by Gasteiger charge is -2.28. The predicted molar refractivity (Wildman–Crippen MR) is 143 cm³/mol. The van der Waals surface area contributed by atoms with Gasteiger partial charge in [-0.25, -0.2) is 29.3 Å². The minimum absolute atomic E-state index is 0.196. The highest BCUT2D eigenvalue weighted by atomic mass is 32.2. The van der Waals surface area contributed by atoms with Crippen molar-refractivity contribution in [1.82, 2.24) is 24.9 Å². The van der Waals surface area contributed by atoms with E-state index in [9.17, 15) is 17.6 Å². The molecule has 9 nitrogen and oxygen atoms in total. The highest BCUT2D eigenvalue weighted by Crippen LogP contribution is 2.37. The molecule has 0 amide bonds. The van der Waals surface area contributed by atoms with E-state index in [2.05, 4.69) is 29.6 Å². The lowest BCUT2D eigenvalue weighted by Crippen LogP contribution is -2.37. The van der Waals surface area contributed by atoms with Crippen molar-refractivity contribution in [3.8, 4) is 22.6 Å². The van der Waals surface area contributed by atoms with Gasteiger partial charge in [0.2, 0.25) is 5.95 Å². The molecule has 5 rings (SSSR count). The Kier molecular flexibility index (Phi) is 8.12. The minimum Gasteiger partial charge on any atom is -0.378 e. The van der Waals surface area contributed by atoms with Crippen LogP contribution in [-0.4, -0.2) is 63.7 Å². The van der Waals surface area contributed by atoms with Crippen molar-refractivity contribution in [3.05, 3.63) is 48.0 Å². The number of nitrogens with zero attached hydrogens (tertiary/aromatic N) is 6. The molecule has 15 heteroatoms. The number of benzene rings is 1. The number of nitrogens with two attached hydrogens (primary N) is 1. The number of morpholine rings is 1. The minimum atomic E-state index is -4.83.